The predicted molar refractivity (Wildman–Crippen MR) is 78.1 cm³/mol. The van der Waals surface area contributed by atoms with E-state index in [1.165, 1.54) is 0 Å². The molecule has 21 heavy (non-hydrogen) atoms. The summed E-state index contributed by atoms with van der Waals surface area (Å²) >= 11 is 0. The third-order valence-electron chi connectivity index (χ3n) is 2.63. The van der Waals surface area contributed by atoms with Crippen molar-refractivity contribution >= 4 is 5.97 Å². The molecule has 0 atom stereocenters. The molecule has 0 radical (unpaired) electrons. The van der Waals surface area contributed by atoms with Gasteiger partial charge in [-0.05, 0) is 43.7 Å². The first-order valence-electron chi connectivity index (χ1n) is 6.57. The molecule has 0 aliphatic rings. The van der Waals surface area contributed by atoms with Crippen LogP contribution in [0.3, 0.4) is 0 Å². The minimum absolute atomic E-state index is 0.174. The molecule has 0 aliphatic heterocycles. The Morgan fingerprint density at radius 1 is 1.29 bits per heavy atom. The molecule has 1 N–H and O–H groups in total. The van der Waals surface area contributed by atoms with Crippen LogP contribution in [-0.4, -0.2) is 34.6 Å². The highest BCUT2D eigenvalue weighted by molar-refractivity contribution is 5.93. The zero-order chi connectivity index (χ0) is 15.2. The molecule has 6 heteroatoms. The van der Waals surface area contributed by atoms with Gasteiger partial charge in [0.15, 0.2) is 5.69 Å². The van der Waals surface area contributed by atoms with Crippen LogP contribution in [0.5, 0.6) is 5.75 Å². The van der Waals surface area contributed by atoms with Gasteiger partial charge in [-0.1, -0.05) is 6.58 Å². The first kappa shape index (κ1) is 14.8. The molecule has 2 rings (SSSR count). The van der Waals surface area contributed by atoms with Crippen molar-refractivity contribution in [2.75, 3.05) is 13.2 Å². The van der Waals surface area contributed by atoms with E-state index in [9.17, 15) is 4.79 Å². The smallest absolute Gasteiger partial charge is 0.361 e. The van der Waals surface area contributed by atoms with Crippen molar-refractivity contribution in [2.45, 2.75) is 13.8 Å². The molecule has 0 saturated carbocycles. The van der Waals surface area contributed by atoms with Gasteiger partial charge in [0.25, 0.3) is 0 Å². The van der Waals surface area contributed by atoms with Gasteiger partial charge in [-0.25, -0.2) is 4.79 Å². The molecule has 0 saturated heterocycles. The van der Waals surface area contributed by atoms with Crippen LogP contribution in [0.2, 0.25) is 0 Å². The fraction of sp³-hybridized carbons (Fsp3) is 0.267. The first-order valence-corrected chi connectivity index (χ1v) is 6.57. The van der Waals surface area contributed by atoms with Gasteiger partial charge in [0.05, 0.1) is 6.61 Å². The summed E-state index contributed by atoms with van der Waals surface area (Å²) in [7, 11) is 0. The molecule has 0 unspecified atom stereocenters. The molecular weight excluding hydrogens is 270 g/mol. The minimum Gasteiger partial charge on any atom is -0.489 e. The summed E-state index contributed by atoms with van der Waals surface area (Å²) in [5.41, 5.74) is 2.34. The average Bonchev–Trinajstić information content (AvgIpc) is 2.95. The maximum atomic E-state index is 11.8. The van der Waals surface area contributed by atoms with Crippen LogP contribution < -0.4 is 4.74 Å². The van der Waals surface area contributed by atoms with E-state index in [1.807, 2.05) is 31.2 Å². The van der Waals surface area contributed by atoms with E-state index in [2.05, 4.69) is 22.0 Å². The standard InChI is InChI=1S/C15H17N3O3/c1-4-20-15(19)14-13(16-18-17-14)11-5-7-12(8-6-11)21-9-10(2)3/h5-8H,2,4,9H2,1,3H3,(H,16,17,18). The van der Waals surface area contributed by atoms with Crippen molar-refractivity contribution in [1.82, 2.24) is 15.4 Å². The lowest BCUT2D eigenvalue weighted by Gasteiger charge is -2.06. The summed E-state index contributed by atoms with van der Waals surface area (Å²) in [6, 6.07) is 7.24. The number of H-pyrrole nitrogens is 1. The van der Waals surface area contributed by atoms with Crippen molar-refractivity contribution in [1.29, 1.82) is 0 Å². The highest BCUT2D eigenvalue weighted by atomic mass is 16.5. The lowest BCUT2D eigenvalue weighted by molar-refractivity contribution is 0.0520. The van der Waals surface area contributed by atoms with Crippen molar-refractivity contribution in [3.8, 4) is 17.0 Å². The van der Waals surface area contributed by atoms with Gasteiger partial charge >= 0.3 is 5.97 Å². The normalized spacial score (nSPS) is 10.2. The van der Waals surface area contributed by atoms with Crippen LogP contribution in [-0.2, 0) is 4.74 Å². The van der Waals surface area contributed by atoms with E-state index in [4.69, 9.17) is 9.47 Å². The molecule has 0 spiro atoms. The van der Waals surface area contributed by atoms with Gasteiger partial charge in [0, 0.05) is 5.56 Å². The van der Waals surface area contributed by atoms with Crippen LogP contribution in [0.15, 0.2) is 36.4 Å². The Labute approximate surface area is 122 Å². The third kappa shape index (κ3) is 3.68. The molecular formula is C15H17N3O3. The number of hydrogen-bond acceptors (Lipinski definition) is 5. The molecule has 110 valence electrons. The summed E-state index contributed by atoms with van der Waals surface area (Å²) in [5, 5.41) is 10.3. The highest BCUT2D eigenvalue weighted by Gasteiger charge is 2.18. The Bertz CT molecular complexity index is 632. The third-order valence-corrected chi connectivity index (χ3v) is 2.63. The van der Waals surface area contributed by atoms with Crippen LogP contribution in [0.1, 0.15) is 24.3 Å². The minimum atomic E-state index is -0.496. The quantitative estimate of drug-likeness (QED) is 0.652. The number of rotatable bonds is 6. The van der Waals surface area contributed by atoms with E-state index < -0.39 is 5.97 Å². The monoisotopic (exact) mass is 287 g/mol. The number of nitrogens with zero attached hydrogens (tertiary/aromatic N) is 2. The van der Waals surface area contributed by atoms with Crippen molar-refractivity contribution < 1.29 is 14.3 Å². The van der Waals surface area contributed by atoms with E-state index in [0.29, 0.717) is 18.9 Å². The predicted octanol–water partition coefficient (Wildman–Crippen LogP) is 2.60. The maximum Gasteiger partial charge on any atom is 0.361 e. The summed E-state index contributed by atoms with van der Waals surface area (Å²) in [6.07, 6.45) is 0. The van der Waals surface area contributed by atoms with Gasteiger partial charge in [0.2, 0.25) is 0 Å². The van der Waals surface area contributed by atoms with Crippen molar-refractivity contribution in [3.63, 3.8) is 0 Å². The van der Waals surface area contributed by atoms with Gasteiger partial charge < -0.3 is 9.47 Å². The van der Waals surface area contributed by atoms with Gasteiger partial charge in [0.1, 0.15) is 18.1 Å². The van der Waals surface area contributed by atoms with Crippen LogP contribution in [0, 0.1) is 0 Å². The van der Waals surface area contributed by atoms with Gasteiger partial charge in [-0.15, -0.1) is 5.10 Å². The van der Waals surface area contributed by atoms with Crippen molar-refractivity contribution in [3.05, 3.63) is 42.1 Å². The Hall–Kier alpha value is -2.63. The number of ether oxygens (including phenoxy) is 2. The number of aromatic nitrogens is 3. The fourth-order valence-electron chi connectivity index (χ4n) is 1.69. The van der Waals surface area contributed by atoms with Crippen LogP contribution in [0.25, 0.3) is 11.3 Å². The number of hydrogen-bond donors (Lipinski definition) is 1. The summed E-state index contributed by atoms with van der Waals surface area (Å²) in [4.78, 5) is 11.8. The molecule has 1 aromatic heterocycles. The van der Waals surface area contributed by atoms with Gasteiger partial charge in [-0.2, -0.15) is 10.3 Å². The number of benzene rings is 1. The van der Waals surface area contributed by atoms with E-state index in [-0.39, 0.29) is 5.69 Å². The topological polar surface area (TPSA) is 77.1 Å². The summed E-state index contributed by atoms with van der Waals surface area (Å²) in [6.45, 7) is 8.18. The molecule has 0 bridgehead atoms. The number of aromatic amines is 1. The Balaban J connectivity index is 2.17. The van der Waals surface area contributed by atoms with E-state index in [0.717, 1.165) is 16.9 Å². The zero-order valence-corrected chi connectivity index (χ0v) is 12.0. The lowest BCUT2D eigenvalue weighted by atomic mass is 10.1. The summed E-state index contributed by atoms with van der Waals surface area (Å²) in [5.74, 6) is 0.229. The first-order chi connectivity index (χ1) is 10.1. The largest absolute Gasteiger partial charge is 0.489 e. The lowest BCUT2D eigenvalue weighted by Crippen LogP contribution is -2.06. The second-order valence-electron chi connectivity index (χ2n) is 4.51. The number of carbonyl (C=O) groups excluding carboxylic acids is 1. The molecule has 6 nitrogen and oxygen atoms in total. The average molecular weight is 287 g/mol. The van der Waals surface area contributed by atoms with Crippen LogP contribution in [0.4, 0.5) is 0 Å². The van der Waals surface area contributed by atoms with E-state index in [1.54, 1.807) is 6.92 Å². The van der Waals surface area contributed by atoms with Crippen molar-refractivity contribution in [2.24, 2.45) is 0 Å². The molecule has 0 aliphatic carbocycles. The second-order valence-corrected chi connectivity index (χ2v) is 4.51. The summed E-state index contributed by atoms with van der Waals surface area (Å²) < 4.78 is 10.5. The Morgan fingerprint density at radius 2 is 2.00 bits per heavy atom. The Morgan fingerprint density at radius 3 is 2.62 bits per heavy atom. The highest BCUT2D eigenvalue weighted by Crippen LogP contribution is 2.23. The Kier molecular flexibility index (Phi) is 4.71. The fourth-order valence-corrected chi connectivity index (χ4v) is 1.69. The maximum absolute atomic E-state index is 11.8. The number of carbonyl (C=O) groups is 1. The molecule has 0 amide bonds. The zero-order valence-electron chi connectivity index (χ0n) is 12.0. The van der Waals surface area contributed by atoms with E-state index >= 15 is 0 Å². The molecule has 1 heterocycles. The molecule has 2 aromatic rings. The SMILES string of the molecule is C=C(C)COc1ccc(-c2n[nH]nc2C(=O)OCC)cc1. The molecule has 1 aromatic carbocycles. The number of nitrogens with one attached hydrogen (secondary N) is 1. The second kappa shape index (κ2) is 6.69. The van der Waals surface area contributed by atoms with Gasteiger partial charge in [-0.3, -0.25) is 0 Å². The number of esters is 1. The molecule has 0 fully saturated rings. The van der Waals surface area contributed by atoms with Crippen LogP contribution >= 0.6 is 0 Å².